The molecule has 2 N–H and O–H groups in total. The van der Waals surface area contributed by atoms with Crippen LogP contribution in [-0.2, 0) is 22.2 Å². The molecule has 1 aliphatic heterocycles. The number of carbonyl (C=O) groups excluding carboxylic acids is 1. The van der Waals surface area contributed by atoms with E-state index < -0.39 is 29.2 Å². The molecule has 0 unspecified atom stereocenters. The number of halogens is 3. The number of thiazole rings is 1. The Bertz CT molecular complexity index is 860. The van der Waals surface area contributed by atoms with Crippen LogP contribution >= 0.6 is 23.1 Å². The number of alkyl halides is 3. The number of aromatic nitrogens is 1. The second-order valence-electron chi connectivity index (χ2n) is 6.44. The number of carboxylic acids is 1. The molecule has 1 fully saturated rings. The third-order valence-electron chi connectivity index (χ3n) is 4.49. The topological polar surface area (TPSA) is 79.3 Å². The molecule has 0 radical (unpaired) electrons. The molecular formula is C18H17F3N2O3S2. The highest BCUT2D eigenvalue weighted by atomic mass is 32.2. The van der Waals surface area contributed by atoms with E-state index in [9.17, 15) is 27.9 Å². The molecule has 28 heavy (non-hydrogen) atoms. The molecule has 0 bridgehead atoms. The molecule has 0 saturated carbocycles. The fourth-order valence-corrected chi connectivity index (χ4v) is 4.93. The number of hydrogen-bond donors (Lipinski definition) is 2. The van der Waals surface area contributed by atoms with Crippen molar-refractivity contribution in [1.82, 2.24) is 10.3 Å². The van der Waals surface area contributed by atoms with Gasteiger partial charge in [0.25, 0.3) is 0 Å². The molecule has 1 saturated heterocycles. The summed E-state index contributed by atoms with van der Waals surface area (Å²) >= 11 is 2.87. The molecule has 2 heterocycles. The van der Waals surface area contributed by atoms with Crippen LogP contribution in [0.15, 0.2) is 29.6 Å². The van der Waals surface area contributed by atoms with Crippen LogP contribution in [0, 0.1) is 0 Å². The van der Waals surface area contributed by atoms with E-state index in [4.69, 9.17) is 0 Å². The zero-order valence-electron chi connectivity index (χ0n) is 14.6. The van der Waals surface area contributed by atoms with Gasteiger partial charge in [-0.3, -0.25) is 4.79 Å². The molecule has 0 aliphatic carbocycles. The molecule has 0 spiro atoms. The lowest BCUT2D eigenvalue weighted by Gasteiger charge is -2.33. The van der Waals surface area contributed by atoms with Gasteiger partial charge in [-0.2, -0.15) is 24.9 Å². The Kier molecular flexibility index (Phi) is 5.99. The van der Waals surface area contributed by atoms with Crippen LogP contribution in [0.5, 0.6) is 0 Å². The van der Waals surface area contributed by atoms with Crippen LogP contribution in [0.1, 0.15) is 24.1 Å². The zero-order valence-corrected chi connectivity index (χ0v) is 16.2. The van der Waals surface area contributed by atoms with E-state index in [2.05, 4.69) is 10.3 Å². The second kappa shape index (κ2) is 8.12. The molecule has 1 amide bonds. The van der Waals surface area contributed by atoms with E-state index in [1.165, 1.54) is 23.5 Å². The number of nitrogens with zero attached hydrogens (tertiary/aromatic N) is 1. The minimum Gasteiger partial charge on any atom is -0.480 e. The van der Waals surface area contributed by atoms with E-state index in [1.54, 1.807) is 17.1 Å². The van der Waals surface area contributed by atoms with Crippen LogP contribution in [0.2, 0.25) is 0 Å². The highest BCUT2D eigenvalue weighted by Gasteiger charge is 2.41. The summed E-state index contributed by atoms with van der Waals surface area (Å²) in [5.74, 6) is -0.133. The Morgan fingerprint density at radius 3 is 2.39 bits per heavy atom. The minimum atomic E-state index is -4.40. The average Bonchev–Trinajstić information content (AvgIpc) is 3.10. The molecule has 2 aromatic rings. The fraction of sp³-hybridized carbons (Fsp3) is 0.389. The first-order valence-corrected chi connectivity index (χ1v) is 10.5. The highest BCUT2D eigenvalue weighted by Crippen LogP contribution is 2.32. The zero-order chi connectivity index (χ0) is 20.4. The monoisotopic (exact) mass is 430 g/mol. The van der Waals surface area contributed by atoms with E-state index in [0.717, 1.165) is 12.1 Å². The molecule has 1 aliphatic rings. The maximum atomic E-state index is 12.6. The van der Waals surface area contributed by atoms with Gasteiger partial charge in [-0.15, -0.1) is 11.3 Å². The van der Waals surface area contributed by atoms with Gasteiger partial charge < -0.3 is 10.4 Å². The fourth-order valence-electron chi connectivity index (χ4n) is 2.91. The Hall–Kier alpha value is -2.07. The van der Waals surface area contributed by atoms with Crippen LogP contribution in [0.4, 0.5) is 13.2 Å². The summed E-state index contributed by atoms with van der Waals surface area (Å²) in [6.07, 6.45) is -3.75. The van der Waals surface area contributed by atoms with Crippen LogP contribution in [0.25, 0.3) is 10.6 Å². The highest BCUT2D eigenvalue weighted by molar-refractivity contribution is 7.99. The van der Waals surface area contributed by atoms with Gasteiger partial charge in [0, 0.05) is 10.9 Å². The maximum Gasteiger partial charge on any atom is 0.416 e. The summed E-state index contributed by atoms with van der Waals surface area (Å²) in [4.78, 5) is 28.3. The molecule has 150 valence electrons. The molecule has 1 aromatic heterocycles. The van der Waals surface area contributed by atoms with Gasteiger partial charge in [0.2, 0.25) is 5.91 Å². The number of hydrogen-bond acceptors (Lipinski definition) is 5. The number of amides is 1. The van der Waals surface area contributed by atoms with Crippen molar-refractivity contribution in [2.75, 3.05) is 11.5 Å². The average molecular weight is 430 g/mol. The Morgan fingerprint density at radius 2 is 1.82 bits per heavy atom. The number of rotatable bonds is 5. The molecular weight excluding hydrogens is 413 g/mol. The van der Waals surface area contributed by atoms with Gasteiger partial charge in [-0.25, -0.2) is 9.78 Å². The summed E-state index contributed by atoms with van der Waals surface area (Å²) < 4.78 is 37.9. The van der Waals surface area contributed by atoms with E-state index >= 15 is 0 Å². The predicted molar refractivity (Wildman–Crippen MR) is 101 cm³/mol. The smallest absolute Gasteiger partial charge is 0.416 e. The number of carbonyl (C=O) groups is 2. The lowest BCUT2D eigenvalue weighted by atomic mass is 9.92. The summed E-state index contributed by atoms with van der Waals surface area (Å²) in [7, 11) is 0. The Labute approximate surface area is 167 Å². The number of benzene rings is 1. The molecule has 5 nitrogen and oxygen atoms in total. The van der Waals surface area contributed by atoms with Gasteiger partial charge in [0.15, 0.2) is 0 Å². The van der Waals surface area contributed by atoms with Crippen molar-refractivity contribution in [3.8, 4) is 10.6 Å². The maximum absolute atomic E-state index is 12.6. The summed E-state index contributed by atoms with van der Waals surface area (Å²) in [6, 6.07) is 4.65. The van der Waals surface area contributed by atoms with Crippen molar-refractivity contribution >= 4 is 35.0 Å². The quantitative estimate of drug-likeness (QED) is 0.754. The van der Waals surface area contributed by atoms with Gasteiger partial charge in [0.1, 0.15) is 10.5 Å². The van der Waals surface area contributed by atoms with Crippen molar-refractivity contribution in [2.45, 2.75) is 31.0 Å². The number of thioether (sulfide) groups is 1. The summed E-state index contributed by atoms with van der Waals surface area (Å²) in [5, 5.41) is 14.3. The largest absolute Gasteiger partial charge is 0.480 e. The van der Waals surface area contributed by atoms with Crippen LogP contribution in [0.3, 0.4) is 0 Å². The SMILES string of the molecule is O=C(Cc1csc(-c2ccc(C(F)(F)F)cc2)n1)NC1(C(=O)O)CCSCC1. The van der Waals surface area contributed by atoms with Gasteiger partial charge in [-0.1, -0.05) is 12.1 Å². The Balaban J connectivity index is 1.67. The van der Waals surface area contributed by atoms with Crippen LogP contribution < -0.4 is 5.32 Å². The summed E-state index contributed by atoms with van der Waals surface area (Å²) in [5.41, 5.74) is -1.01. The molecule has 0 atom stereocenters. The van der Waals surface area contributed by atoms with Crippen molar-refractivity contribution in [3.05, 3.63) is 40.9 Å². The van der Waals surface area contributed by atoms with Crippen molar-refractivity contribution < 1.29 is 27.9 Å². The normalized spacial score (nSPS) is 16.5. The van der Waals surface area contributed by atoms with Crippen molar-refractivity contribution in [2.24, 2.45) is 0 Å². The van der Waals surface area contributed by atoms with Crippen molar-refractivity contribution in [1.29, 1.82) is 0 Å². The standard InChI is InChI=1S/C18H17F3N2O3S2/c19-18(20,21)12-3-1-11(2-4-12)15-22-13(10-28-15)9-14(24)23-17(16(25)26)5-7-27-8-6-17/h1-4,10H,5-9H2,(H,23,24)(H,25,26). The first-order chi connectivity index (χ1) is 13.2. The predicted octanol–water partition coefficient (Wildman–Crippen LogP) is 3.84. The van der Waals surface area contributed by atoms with Crippen molar-refractivity contribution in [3.63, 3.8) is 0 Å². The number of aliphatic carboxylic acids is 1. The Morgan fingerprint density at radius 1 is 1.18 bits per heavy atom. The van der Waals surface area contributed by atoms with Gasteiger partial charge in [-0.05, 0) is 36.5 Å². The number of carboxylic acid groups (broad SMARTS) is 1. The first kappa shape index (κ1) is 20.7. The molecule has 10 heteroatoms. The third-order valence-corrected chi connectivity index (χ3v) is 6.41. The number of nitrogens with one attached hydrogen (secondary N) is 1. The van der Waals surface area contributed by atoms with E-state index in [-0.39, 0.29) is 6.42 Å². The van der Waals surface area contributed by atoms with Crippen LogP contribution in [-0.4, -0.2) is 39.0 Å². The lowest BCUT2D eigenvalue weighted by Crippen LogP contribution is -2.56. The second-order valence-corrected chi connectivity index (χ2v) is 8.53. The van der Waals surface area contributed by atoms with Gasteiger partial charge in [0.05, 0.1) is 17.7 Å². The van der Waals surface area contributed by atoms with E-state index in [1.807, 2.05) is 0 Å². The lowest BCUT2D eigenvalue weighted by molar-refractivity contribution is -0.148. The minimum absolute atomic E-state index is 0.0840. The van der Waals surface area contributed by atoms with Gasteiger partial charge >= 0.3 is 12.1 Å². The molecule has 3 rings (SSSR count). The van der Waals surface area contributed by atoms with E-state index in [0.29, 0.717) is 40.6 Å². The molecule has 1 aromatic carbocycles. The first-order valence-electron chi connectivity index (χ1n) is 8.44. The summed E-state index contributed by atoms with van der Waals surface area (Å²) in [6.45, 7) is 0. The third kappa shape index (κ3) is 4.67.